The molecule has 1 aliphatic heterocycles. The van der Waals surface area contributed by atoms with Crippen molar-refractivity contribution in [1.29, 1.82) is 0 Å². The fourth-order valence-electron chi connectivity index (χ4n) is 2.62. The first-order valence-electron chi connectivity index (χ1n) is 7.43. The zero-order chi connectivity index (χ0) is 17.2. The molecule has 1 aromatic heterocycles. The van der Waals surface area contributed by atoms with Crippen LogP contribution in [0.5, 0.6) is 0 Å². The molecule has 24 heavy (non-hydrogen) atoms. The predicted octanol–water partition coefficient (Wildman–Crippen LogP) is 2.32. The Morgan fingerprint density at radius 2 is 2.08 bits per heavy atom. The molecule has 1 aromatic carbocycles. The van der Waals surface area contributed by atoms with Crippen molar-refractivity contribution in [3.05, 3.63) is 41.7 Å². The summed E-state index contributed by atoms with van der Waals surface area (Å²) in [6, 6.07) is 4.71. The van der Waals surface area contributed by atoms with Crippen molar-refractivity contribution < 1.29 is 17.6 Å². The summed E-state index contributed by atoms with van der Waals surface area (Å²) in [6.45, 7) is 0.456. The van der Waals surface area contributed by atoms with Gasteiger partial charge in [-0.25, -0.2) is 17.8 Å². The van der Waals surface area contributed by atoms with Gasteiger partial charge < -0.3 is 5.32 Å². The van der Waals surface area contributed by atoms with Crippen LogP contribution in [0.15, 0.2) is 40.7 Å². The van der Waals surface area contributed by atoms with Crippen LogP contribution in [0.4, 0.5) is 9.52 Å². The molecule has 2 heterocycles. The second-order valence-corrected chi connectivity index (χ2v) is 8.32. The van der Waals surface area contributed by atoms with Gasteiger partial charge in [0.2, 0.25) is 15.9 Å². The molecular formula is C15H16FN3O3S2. The van der Waals surface area contributed by atoms with Gasteiger partial charge in [0.25, 0.3) is 0 Å². The number of hydrogen-bond acceptors (Lipinski definition) is 5. The van der Waals surface area contributed by atoms with Gasteiger partial charge in [-0.2, -0.15) is 4.31 Å². The van der Waals surface area contributed by atoms with E-state index in [4.69, 9.17) is 0 Å². The molecule has 1 saturated heterocycles. The van der Waals surface area contributed by atoms with E-state index in [0.29, 0.717) is 24.5 Å². The smallest absolute Gasteiger partial charge is 0.243 e. The summed E-state index contributed by atoms with van der Waals surface area (Å²) in [7, 11) is -3.73. The van der Waals surface area contributed by atoms with E-state index in [2.05, 4.69) is 10.3 Å². The van der Waals surface area contributed by atoms with Crippen LogP contribution >= 0.6 is 11.3 Å². The molecule has 0 saturated carbocycles. The van der Waals surface area contributed by atoms with E-state index in [0.717, 1.165) is 12.1 Å². The fraction of sp³-hybridized carbons (Fsp3) is 0.333. The van der Waals surface area contributed by atoms with E-state index in [-0.39, 0.29) is 17.3 Å². The number of hydrogen-bond donors (Lipinski definition) is 1. The lowest BCUT2D eigenvalue weighted by atomic mass is 9.99. The predicted molar refractivity (Wildman–Crippen MR) is 88.6 cm³/mol. The SMILES string of the molecule is O=C(Nc1nccs1)C1CCCN(S(=O)(=O)c2ccc(F)cc2)C1. The normalized spacial score (nSPS) is 19.1. The van der Waals surface area contributed by atoms with E-state index in [1.807, 2.05) is 0 Å². The summed E-state index contributed by atoms with van der Waals surface area (Å²) < 4.78 is 39.6. The molecule has 0 spiro atoms. The molecule has 128 valence electrons. The number of amides is 1. The first kappa shape index (κ1) is 17.0. The highest BCUT2D eigenvalue weighted by Gasteiger charge is 2.33. The van der Waals surface area contributed by atoms with Gasteiger partial charge >= 0.3 is 0 Å². The van der Waals surface area contributed by atoms with Gasteiger partial charge in [0.05, 0.1) is 10.8 Å². The van der Waals surface area contributed by atoms with Gasteiger partial charge in [0.15, 0.2) is 5.13 Å². The molecule has 1 amide bonds. The Kier molecular flexibility index (Phi) is 4.93. The topological polar surface area (TPSA) is 79.4 Å². The van der Waals surface area contributed by atoms with Crippen LogP contribution in [0.1, 0.15) is 12.8 Å². The molecule has 0 radical (unpaired) electrons. The van der Waals surface area contributed by atoms with Crippen LogP contribution < -0.4 is 5.32 Å². The quantitative estimate of drug-likeness (QED) is 0.897. The molecule has 3 rings (SSSR count). The van der Waals surface area contributed by atoms with Crippen LogP contribution in [-0.4, -0.2) is 36.7 Å². The maximum atomic E-state index is 13.0. The van der Waals surface area contributed by atoms with Crippen LogP contribution in [0.3, 0.4) is 0 Å². The summed E-state index contributed by atoms with van der Waals surface area (Å²) in [4.78, 5) is 16.3. The molecule has 0 bridgehead atoms. The molecule has 1 N–H and O–H groups in total. The lowest BCUT2D eigenvalue weighted by molar-refractivity contribution is -0.120. The molecular weight excluding hydrogens is 353 g/mol. The Morgan fingerprint density at radius 1 is 1.33 bits per heavy atom. The number of rotatable bonds is 4. The number of aromatic nitrogens is 1. The zero-order valence-corrected chi connectivity index (χ0v) is 14.3. The standard InChI is InChI=1S/C15H16FN3O3S2/c16-12-3-5-13(6-4-12)24(21,22)19-8-1-2-11(10-19)14(20)18-15-17-7-9-23-15/h3-7,9,11H,1-2,8,10H2,(H,17,18,20). The van der Waals surface area contributed by atoms with Gasteiger partial charge in [-0.3, -0.25) is 4.79 Å². The van der Waals surface area contributed by atoms with Crippen LogP contribution in [0.25, 0.3) is 0 Å². The van der Waals surface area contributed by atoms with Crippen molar-refractivity contribution in [2.75, 3.05) is 18.4 Å². The number of nitrogens with one attached hydrogen (secondary N) is 1. The molecule has 9 heteroatoms. The Bertz CT molecular complexity index is 807. The molecule has 1 fully saturated rings. The third-order valence-corrected chi connectivity index (χ3v) is 6.44. The highest BCUT2D eigenvalue weighted by molar-refractivity contribution is 7.89. The second-order valence-electron chi connectivity index (χ2n) is 5.48. The van der Waals surface area contributed by atoms with E-state index >= 15 is 0 Å². The number of nitrogens with zero attached hydrogens (tertiary/aromatic N) is 2. The summed E-state index contributed by atoms with van der Waals surface area (Å²) in [5.41, 5.74) is 0. The third-order valence-electron chi connectivity index (χ3n) is 3.87. The largest absolute Gasteiger partial charge is 0.302 e. The molecule has 2 aromatic rings. The van der Waals surface area contributed by atoms with Gasteiger partial charge in [-0.15, -0.1) is 11.3 Å². The molecule has 1 unspecified atom stereocenters. The second kappa shape index (κ2) is 6.96. The number of anilines is 1. The number of halogens is 1. The number of sulfonamides is 1. The van der Waals surface area contributed by atoms with Crippen LogP contribution in [0.2, 0.25) is 0 Å². The van der Waals surface area contributed by atoms with E-state index in [9.17, 15) is 17.6 Å². The molecule has 0 aliphatic carbocycles. The van der Waals surface area contributed by atoms with E-state index in [1.165, 1.54) is 27.8 Å². The first-order chi connectivity index (χ1) is 11.5. The Morgan fingerprint density at radius 3 is 2.75 bits per heavy atom. The average molecular weight is 369 g/mol. The summed E-state index contributed by atoms with van der Waals surface area (Å²) in [5.74, 6) is -1.16. The molecule has 1 aliphatic rings. The minimum Gasteiger partial charge on any atom is -0.302 e. The lowest BCUT2D eigenvalue weighted by Gasteiger charge is -2.31. The van der Waals surface area contributed by atoms with E-state index in [1.54, 1.807) is 11.6 Å². The number of carbonyl (C=O) groups excluding carboxylic acids is 1. The van der Waals surface area contributed by atoms with Gasteiger partial charge in [0.1, 0.15) is 5.82 Å². The first-order valence-corrected chi connectivity index (χ1v) is 9.75. The minimum absolute atomic E-state index is 0.0323. The van der Waals surface area contributed by atoms with Crippen molar-refractivity contribution in [2.24, 2.45) is 5.92 Å². The Hall–Kier alpha value is -1.84. The monoisotopic (exact) mass is 369 g/mol. The lowest BCUT2D eigenvalue weighted by Crippen LogP contribution is -2.43. The van der Waals surface area contributed by atoms with E-state index < -0.39 is 21.8 Å². The van der Waals surface area contributed by atoms with Crippen molar-refractivity contribution >= 4 is 32.4 Å². The maximum absolute atomic E-state index is 13.0. The van der Waals surface area contributed by atoms with Crippen molar-refractivity contribution in [1.82, 2.24) is 9.29 Å². The highest BCUT2D eigenvalue weighted by Crippen LogP contribution is 2.25. The molecule has 6 nitrogen and oxygen atoms in total. The van der Waals surface area contributed by atoms with Crippen molar-refractivity contribution in [2.45, 2.75) is 17.7 Å². The Balaban J connectivity index is 1.72. The fourth-order valence-corrected chi connectivity index (χ4v) is 4.68. The highest BCUT2D eigenvalue weighted by atomic mass is 32.2. The zero-order valence-electron chi connectivity index (χ0n) is 12.7. The Labute approximate surface area is 143 Å². The third kappa shape index (κ3) is 3.63. The van der Waals surface area contributed by atoms with Gasteiger partial charge in [-0.1, -0.05) is 0 Å². The number of carbonyl (C=O) groups is 1. The average Bonchev–Trinajstić information content (AvgIpc) is 3.08. The van der Waals surface area contributed by atoms with Crippen molar-refractivity contribution in [3.8, 4) is 0 Å². The maximum Gasteiger partial charge on any atom is 0.243 e. The number of thiazole rings is 1. The van der Waals surface area contributed by atoms with Crippen LogP contribution in [-0.2, 0) is 14.8 Å². The van der Waals surface area contributed by atoms with Crippen molar-refractivity contribution in [3.63, 3.8) is 0 Å². The summed E-state index contributed by atoms with van der Waals surface area (Å²) >= 11 is 1.31. The van der Waals surface area contributed by atoms with Crippen LogP contribution in [0, 0.1) is 11.7 Å². The molecule has 1 atom stereocenters. The number of piperidine rings is 1. The van der Waals surface area contributed by atoms with Gasteiger partial charge in [-0.05, 0) is 37.1 Å². The number of benzene rings is 1. The summed E-state index contributed by atoms with van der Waals surface area (Å²) in [5, 5.41) is 4.96. The van der Waals surface area contributed by atoms with Gasteiger partial charge in [0, 0.05) is 24.7 Å². The minimum atomic E-state index is -3.73. The summed E-state index contributed by atoms with van der Waals surface area (Å²) in [6.07, 6.45) is 2.80.